The van der Waals surface area contributed by atoms with Gasteiger partial charge >= 0.3 is 12.1 Å². The van der Waals surface area contributed by atoms with E-state index >= 15 is 0 Å². The molecule has 1 aliphatic heterocycles. The summed E-state index contributed by atoms with van der Waals surface area (Å²) in [6.07, 6.45) is -9.33. The Morgan fingerprint density at radius 1 is 1.23 bits per heavy atom. The van der Waals surface area contributed by atoms with Gasteiger partial charge in [-0.1, -0.05) is 6.92 Å². The van der Waals surface area contributed by atoms with Gasteiger partial charge in [0.25, 0.3) is 0 Å². The van der Waals surface area contributed by atoms with Crippen LogP contribution in [0.25, 0.3) is 0 Å². The zero-order chi connectivity index (χ0) is 17.1. The van der Waals surface area contributed by atoms with Gasteiger partial charge in [0.2, 0.25) is 5.79 Å². The lowest BCUT2D eigenvalue weighted by Crippen LogP contribution is -2.68. The van der Waals surface area contributed by atoms with Gasteiger partial charge in [-0.05, 0) is 6.42 Å². The van der Waals surface area contributed by atoms with E-state index in [1.165, 1.54) is 6.92 Å². The van der Waals surface area contributed by atoms with Crippen LogP contribution in [0.1, 0.15) is 13.3 Å². The number of ether oxygens (including phenoxy) is 1. The fourth-order valence-corrected chi connectivity index (χ4v) is 2.23. The molecule has 1 heterocycles. The molecule has 1 saturated heterocycles. The highest BCUT2D eigenvalue weighted by Crippen LogP contribution is 2.36. The van der Waals surface area contributed by atoms with E-state index in [9.17, 15) is 30.0 Å². The minimum Gasteiger partial charge on any atom is -0.447 e. The molecule has 0 aromatic carbocycles. The van der Waals surface area contributed by atoms with Crippen molar-refractivity contribution in [3.05, 3.63) is 0 Å². The second kappa shape index (κ2) is 7.17. The first kappa shape index (κ1) is 18.5. The van der Waals surface area contributed by atoms with Crippen LogP contribution in [0.5, 0.6) is 0 Å². The van der Waals surface area contributed by atoms with Gasteiger partial charge in [0.15, 0.2) is 0 Å². The van der Waals surface area contributed by atoms with Crippen LogP contribution in [0.15, 0.2) is 0 Å². The van der Waals surface area contributed by atoms with Gasteiger partial charge in [-0.3, -0.25) is 0 Å². The first-order chi connectivity index (χ1) is 10.2. The minimum atomic E-state index is -2.72. The molecule has 6 atom stereocenters. The largest absolute Gasteiger partial charge is 0.547 e. The number of hydrogen-bond donors (Lipinski definition) is 6. The number of carboxylic acid groups (broad SMARTS) is 1. The van der Waals surface area contributed by atoms with Crippen molar-refractivity contribution in [3.63, 3.8) is 0 Å². The summed E-state index contributed by atoms with van der Waals surface area (Å²) in [4.78, 5) is 29.5. The van der Waals surface area contributed by atoms with E-state index in [1.54, 1.807) is 0 Å². The maximum Gasteiger partial charge on any atom is 0.547 e. The Hall–Kier alpha value is -1.50. The maximum atomic E-state index is 11.7. The second-order valence-corrected chi connectivity index (χ2v) is 4.73. The van der Waals surface area contributed by atoms with Crippen molar-refractivity contribution >= 4 is 12.1 Å². The number of carbonyl (C=O) groups excluding carboxylic acids is 1. The SMILES string of the molecule is CCC(C(=O)OOC(=O)O)C1(O)O[C@H](CO)[C@@H](O)[C@H](O)[C@H]1O. The molecule has 22 heavy (non-hydrogen) atoms. The molecule has 11 heteroatoms. The molecule has 0 amide bonds. The summed E-state index contributed by atoms with van der Waals surface area (Å²) in [5, 5.41) is 56.8. The lowest BCUT2D eigenvalue weighted by Gasteiger charge is -2.47. The van der Waals surface area contributed by atoms with E-state index in [0.717, 1.165) is 0 Å². The molecule has 0 aromatic rings. The van der Waals surface area contributed by atoms with Gasteiger partial charge in [-0.25, -0.2) is 19.4 Å². The van der Waals surface area contributed by atoms with E-state index in [4.69, 9.17) is 14.9 Å². The van der Waals surface area contributed by atoms with Crippen molar-refractivity contribution in [2.24, 2.45) is 5.92 Å². The molecule has 0 aromatic heterocycles. The average Bonchev–Trinajstić information content (AvgIpc) is 2.47. The third-order valence-corrected chi connectivity index (χ3v) is 3.39. The highest BCUT2D eigenvalue weighted by Gasteiger charge is 2.58. The lowest BCUT2D eigenvalue weighted by atomic mass is 9.83. The summed E-state index contributed by atoms with van der Waals surface area (Å²) in [6, 6.07) is 0. The van der Waals surface area contributed by atoms with Crippen LogP contribution < -0.4 is 0 Å². The van der Waals surface area contributed by atoms with Crippen LogP contribution in [0, 0.1) is 5.92 Å². The van der Waals surface area contributed by atoms with E-state index in [0.29, 0.717) is 0 Å². The van der Waals surface area contributed by atoms with Crippen LogP contribution in [0.3, 0.4) is 0 Å². The number of carbonyl (C=O) groups is 2. The molecular formula is C11H18O11. The standard InChI is InChI=1S/C11H18O11/c1-2-4(9(16)21-22-10(17)18)11(19)8(15)7(14)6(13)5(3-12)20-11/h4-8,12-15,19H,2-3H2,1H3,(H,17,18)/t4?,5-,6-,7+,8-,11?/m1/s1. The van der Waals surface area contributed by atoms with Crippen molar-refractivity contribution in [2.45, 2.75) is 43.5 Å². The lowest BCUT2D eigenvalue weighted by molar-refractivity contribution is -0.369. The normalized spacial score (nSPS) is 36.5. The summed E-state index contributed by atoms with van der Waals surface area (Å²) in [6.45, 7) is 0.566. The van der Waals surface area contributed by atoms with E-state index in [2.05, 4.69) is 9.78 Å². The first-order valence-electron chi connectivity index (χ1n) is 6.35. The van der Waals surface area contributed by atoms with Gasteiger partial charge in [0.1, 0.15) is 30.3 Å². The summed E-state index contributed by atoms with van der Waals surface area (Å²) in [5.41, 5.74) is 0. The van der Waals surface area contributed by atoms with Crippen LogP contribution in [0.2, 0.25) is 0 Å². The Balaban J connectivity index is 3.00. The summed E-state index contributed by atoms with van der Waals surface area (Å²) >= 11 is 0. The third kappa shape index (κ3) is 3.45. The molecule has 0 spiro atoms. The van der Waals surface area contributed by atoms with Crippen molar-refractivity contribution in [1.29, 1.82) is 0 Å². The Kier molecular flexibility index (Phi) is 6.05. The fraction of sp³-hybridized carbons (Fsp3) is 0.818. The van der Waals surface area contributed by atoms with Crippen molar-refractivity contribution in [1.82, 2.24) is 0 Å². The third-order valence-electron chi connectivity index (χ3n) is 3.39. The number of rotatable bonds is 4. The molecule has 1 fully saturated rings. The molecule has 0 saturated carbocycles. The summed E-state index contributed by atoms with van der Waals surface area (Å²) in [5.74, 6) is -5.76. The van der Waals surface area contributed by atoms with Crippen molar-refractivity contribution < 1.29 is 54.7 Å². The summed E-state index contributed by atoms with van der Waals surface area (Å²) in [7, 11) is 0. The maximum absolute atomic E-state index is 11.7. The van der Waals surface area contributed by atoms with Gasteiger partial charge in [0.05, 0.1) is 6.61 Å². The van der Waals surface area contributed by atoms with Gasteiger partial charge in [0, 0.05) is 0 Å². The van der Waals surface area contributed by atoms with Gasteiger partial charge in [-0.15, -0.1) is 0 Å². The molecule has 0 aliphatic carbocycles. The van der Waals surface area contributed by atoms with Gasteiger partial charge in [-0.2, -0.15) is 0 Å². The molecular weight excluding hydrogens is 308 g/mol. The molecule has 0 radical (unpaired) electrons. The average molecular weight is 326 g/mol. The molecule has 6 N–H and O–H groups in total. The number of hydrogen-bond acceptors (Lipinski definition) is 10. The molecule has 128 valence electrons. The first-order valence-corrected chi connectivity index (χ1v) is 6.35. The highest BCUT2D eigenvalue weighted by atomic mass is 17.2. The predicted molar refractivity (Wildman–Crippen MR) is 63.9 cm³/mol. The molecule has 11 nitrogen and oxygen atoms in total. The molecule has 0 bridgehead atoms. The van der Waals surface area contributed by atoms with E-state index in [1.807, 2.05) is 0 Å². The monoisotopic (exact) mass is 326 g/mol. The van der Waals surface area contributed by atoms with Crippen LogP contribution in [-0.4, -0.2) is 79.6 Å². The minimum absolute atomic E-state index is 0.198. The summed E-state index contributed by atoms with van der Waals surface area (Å²) < 4.78 is 4.94. The van der Waals surface area contributed by atoms with Gasteiger partial charge < -0.3 is 35.4 Å². The van der Waals surface area contributed by atoms with Crippen LogP contribution in [-0.2, 0) is 19.3 Å². The molecule has 1 aliphatic rings. The zero-order valence-corrected chi connectivity index (χ0v) is 11.5. The Labute approximate surface area is 124 Å². The number of aliphatic hydroxyl groups is 5. The number of aliphatic hydroxyl groups excluding tert-OH is 4. The Morgan fingerprint density at radius 3 is 2.27 bits per heavy atom. The highest BCUT2D eigenvalue weighted by molar-refractivity contribution is 5.74. The van der Waals surface area contributed by atoms with Crippen LogP contribution in [0.4, 0.5) is 4.79 Å². The molecule has 2 unspecified atom stereocenters. The van der Waals surface area contributed by atoms with E-state index < -0.39 is 54.9 Å². The Morgan fingerprint density at radius 2 is 1.82 bits per heavy atom. The van der Waals surface area contributed by atoms with Crippen molar-refractivity contribution in [2.75, 3.05) is 6.61 Å². The predicted octanol–water partition coefficient (Wildman–Crippen LogP) is -2.67. The zero-order valence-electron chi connectivity index (χ0n) is 11.5. The fourth-order valence-electron chi connectivity index (χ4n) is 2.23. The Bertz CT molecular complexity index is 411. The van der Waals surface area contributed by atoms with E-state index in [-0.39, 0.29) is 6.42 Å². The van der Waals surface area contributed by atoms with Crippen molar-refractivity contribution in [3.8, 4) is 0 Å². The molecule has 1 rings (SSSR count). The smallest absolute Gasteiger partial charge is 0.447 e. The second-order valence-electron chi connectivity index (χ2n) is 4.73. The van der Waals surface area contributed by atoms with Crippen LogP contribution >= 0.6 is 0 Å². The quantitative estimate of drug-likeness (QED) is 0.234. The topological polar surface area (TPSA) is 183 Å².